The summed E-state index contributed by atoms with van der Waals surface area (Å²) in [7, 11) is 4.27. The van der Waals surface area contributed by atoms with E-state index in [-0.39, 0.29) is 0 Å². The van der Waals surface area contributed by atoms with Crippen molar-refractivity contribution >= 4 is 23.7 Å². The van der Waals surface area contributed by atoms with Crippen LogP contribution in [-0.2, 0) is 9.59 Å². The van der Waals surface area contributed by atoms with E-state index in [9.17, 15) is 9.59 Å². The second-order valence-corrected chi connectivity index (χ2v) is 8.90. The zero-order valence-electron chi connectivity index (χ0n) is 20.2. The highest BCUT2D eigenvalue weighted by Gasteiger charge is 2.40. The smallest absolute Gasteiger partial charge is 0.328 e. The molecule has 1 aliphatic carbocycles. The predicted octanol–water partition coefficient (Wildman–Crippen LogP) is 4.56. The minimum absolute atomic E-state index is 0.362. The van der Waals surface area contributed by atoms with Gasteiger partial charge in [-0.2, -0.15) is 5.10 Å². The number of hydrogen-bond donors (Lipinski definition) is 2. The molecule has 4 rings (SSSR count). The normalized spacial score (nSPS) is 20.4. The van der Waals surface area contributed by atoms with Gasteiger partial charge in [-0.1, -0.05) is 60.7 Å². The van der Waals surface area contributed by atoms with E-state index in [0.717, 1.165) is 19.5 Å². The first-order valence-electron chi connectivity index (χ1n) is 11.8. The summed E-state index contributed by atoms with van der Waals surface area (Å²) in [4.78, 5) is 21.3. The zero-order valence-corrected chi connectivity index (χ0v) is 20.2. The van der Waals surface area contributed by atoms with Crippen LogP contribution in [0.15, 0.2) is 83.5 Å². The number of hydrogen-bond acceptors (Lipinski definition) is 5. The molecule has 35 heavy (non-hydrogen) atoms. The fourth-order valence-corrected chi connectivity index (χ4v) is 4.45. The minimum Gasteiger partial charge on any atom is -0.478 e. The predicted molar refractivity (Wildman–Crippen MR) is 138 cm³/mol. The summed E-state index contributed by atoms with van der Waals surface area (Å²) in [6, 6.07) is 22.0. The first-order chi connectivity index (χ1) is 16.8. The van der Waals surface area contributed by atoms with Gasteiger partial charge in [-0.25, -0.2) is 9.59 Å². The molecule has 1 aliphatic heterocycles. The fourth-order valence-electron chi connectivity index (χ4n) is 4.45. The van der Waals surface area contributed by atoms with Crippen molar-refractivity contribution in [3.8, 4) is 0 Å². The fraction of sp³-hybridized carbons (Fsp3) is 0.321. The number of allylic oxidation sites excluding steroid dienone is 1. The Morgan fingerprint density at radius 1 is 1.00 bits per heavy atom. The Morgan fingerprint density at radius 2 is 1.60 bits per heavy atom. The number of nitrogens with zero attached hydrogens (tertiary/aromatic N) is 3. The topological polar surface area (TPSA) is 93.4 Å². The first kappa shape index (κ1) is 25.9. The Morgan fingerprint density at radius 3 is 2.17 bits per heavy atom. The molecule has 184 valence electrons. The molecular formula is C28H33N3O4. The molecule has 1 saturated carbocycles. The lowest BCUT2D eigenvalue weighted by Crippen LogP contribution is -2.32. The standard InChI is InChI=1S/C24H29N3.C4H4O4/c1-26(2)16-17-27-24(20-12-7-4-8-13-20)22-15-9-14-21(23(22)25-27)18-19-10-5-3-6-11-19;5-3(6)1-2-4(7)8/h3-8,10-13,18,22,24H,9,14-17H2,1-2H3;1-2H,(H,5,6)(H,7,8)/b21-18-;2-1-. The van der Waals surface area contributed by atoms with Crippen LogP contribution in [0, 0.1) is 5.92 Å². The van der Waals surface area contributed by atoms with E-state index in [1.54, 1.807) is 0 Å². The van der Waals surface area contributed by atoms with Crippen LogP contribution in [0.2, 0.25) is 0 Å². The summed E-state index contributed by atoms with van der Waals surface area (Å²) < 4.78 is 0. The number of rotatable bonds is 7. The number of fused-ring (bicyclic) bond motifs is 1. The minimum atomic E-state index is -1.26. The highest BCUT2D eigenvalue weighted by Crippen LogP contribution is 2.44. The van der Waals surface area contributed by atoms with E-state index in [0.29, 0.717) is 24.1 Å². The summed E-state index contributed by atoms with van der Waals surface area (Å²) in [5.41, 5.74) is 5.41. The molecule has 0 saturated heterocycles. The Hall–Kier alpha value is -3.71. The number of carbonyl (C=O) groups is 2. The van der Waals surface area contributed by atoms with Crippen LogP contribution in [0.25, 0.3) is 6.08 Å². The van der Waals surface area contributed by atoms with Gasteiger partial charge in [-0.15, -0.1) is 0 Å². The van der Waals surface area contributed by atoms with Crippen LogP contribution in [0.1, 0.15) is 36.4 Å². The Labute approximate surface area is 206 Å². The molecule has 2 unspecified atom stereocenters. The van der Waals surface area contributed by atoms with E-state index in [1.807, 2.05) is 0 Å². The molecule has 2 atom stereocenters. The maximum absolute atomic E-state index is 9.55. The number of carboxylic acid groups (broad SMARTS) is 2. The molecule has 1 fully saturated rings. The SMILES string of the molecule is CN(C)CCN1N=C2/C(=C\c3ccccc3)CCCC2C1c1ccccc1.O=C(O)/C=C\C(=O)O. The maximum Gasteiger partial charge on any atom is 0.328 e. The summed E-state index contributed by atoms with van der Waals surface area (Å²) in [5, 5.41) is 23.1. The zero-order chi connectivity index (χ0) is 25.2. The third-order valence-corrected chi connectivity index (χ3v) is 6.01. The molecule has 7 heteroatoms. The Kier molecular flexibility index (Phi) is 9.38. The van der Waals surface area contributed by atoms with Crippen LogP contribution in [0.5, 0.6) is 0 Å². The molecule has 2 aliphatic rings. The lowest BCUT2D eigenvalue weighted by molar-refractivity contribution is -0.134. The van der Waals surface area contributed by atoms with Crippen LogP contribution in [-0.4, -0.2) is 65.0 Å². The summed E-state index contributed by atoms with van der Waals surface area (Å²) in [6.45, 7) is 1.98. The molecule has 1 heterocycles. The van der Waals surface area contributed by atoms with Gasteiger partial charge in [-0.05, 0) is 56.1 Å². The van der Waals surface area contributed by atoms with Crippen molar-refractivity contribution in [2.45, 2.75) is 25.3 Å². The van der Waals surface area contributed by atoms with Gasteiger partial charge in [0.15, 0.2) is 0 Å². The molecule has 0 radical (unpaired) electrons. The van der Waals surface area contributed by atoms with Crippen molar-refractivity contribution in [1.82, 2.24) is 9.91 Å². The molecule has 2 N–H and O–H groups in total. The number of likely N-dealkylation sites (N-methyl/N-ethyl adjacent to an activating group) is 1. The molecule has 2 aromatic carbocycles. The van der Waals surface area contributed by atoms with E-state index >= 15 is 0 Å². The van der Waals surface area contributed by atoms with Crippen molar-refractivity contribution in [2.75, 3.05) is 27.2 Å². The lowest BCUT2D eigenvalue weighted by Gasteiger charge is -2.31. The van der Waals surface area contributed by atoms with Gasteiger partial charge >= 0.3 is 11.9 Å². The third-order valence-electron chi connectivity index (χ3n) is 6.01. The van der Waals surface area contributed by atoms with Crippen LogP contribution < -0.4 is 0 Å². The average molecular weight is 476 g/mol. The highest BCUT2D eigenvalue weighted by molar-refractivity contribution is 6.07. The van der Waals surface area contributed by atoms with Crippen molar-refractivity contribution in [3.05, 3.63) is 89.5 Å². The van der Waals surface area contributed by atoms with Crippen molar-refractivity contribution < 1.29 is 19.8 Å². The quantitative estimate of drug-likeness (QED) is 0.571. The average Bonchev–Trinajstić information content (AvgIpc) is 3.22. The van der Waals surface area contributed by atoms with Gasteiger partial charge < -0.3 is 15.1 Å². The molecule has 2 aromatic rings. The number of hydrazone groups is 1. The number of carboxylic acids is 2. The largest absolute Gasteiger partial charge is 0.478 e. The van der Waals surface area contributed by atoms with Crippen LogP contribution in [0.3, 0.4) is 0 Å². The van der Waals surface area contributed by atoms with Crippen molar-refractivity contribution in [1.29, 1.82) is 0 Å². The maximum atomic E-state index is 9.55. The van der Waals surface area contributed by atoms with E-state index in [2.05, 4.69) is 90.7 Å². The van der Waals surface area contributed by atoms with E-state index in [1.165, 1.54) is 35.3 Å². The van der Waals surface area contributed by atoms with E-state index < -0.39 is 11.9 Å². The Balaban J connectivity index is 0.000000371. The molecule has 0 spiro atoms. The summed E-state index contributed by atoms with van der Waals surface area (Å²) in [6.07, 6.45) is 7.07. The highest BCUT2D eigenvalue weighted by atomic mass is 16.4. The van der Waals surface area contributed by atoms with E-state index in [4.69, 9.17) is 15.3 Å². The molecule has 0 aromatic heterocycles. The summed E-state index contributed by atoms with van der Waals surface area (Å²) in [5.74, 6) is -2.02. The second-order valence-electron chi connectivity index (χ2n) is 8.90. The third kappa shape index (κ3) is 7.65. The molecule has 0 amide bonds. The second kappa shape index (κ2) is 12.7. The van der Waals surface area contributed by atoms with Gasteiger partial charge in [-0.3, -0.25) is 5.01 Å². The van der Waals surface area contributed by atoms with Crippen LogP contribution in [0.4, 0.5) is 0 Å². The molecular weight excluding hydrogens is 442 g/mol. The van der Waals surface area contributed by atoms with Gasteiger partial charge in [0, 0.05) is 31.2 Å². The van der Waals surface area contributed by atoms with Gasteiger partial charge in [0.2, 0.25) is 0 Å². The Bertz CT molecular complexity index is 1060. The number of benzene rings is 2. The molecule has 7 nitrogen and oxygen atoms in total. The summed E-state index contributed by atoms with van der Waals surface area (Å²) >= 11 is 0. The van der Waals surface area contributed by atoms with Crippen molar-refractivity contribution in [3.63, 3.8) is 0 Å². The van der Waals surface area contributed by atoms with Gasteiger partial charge in [0.1, 0.15) is 0 Å². The number of aliphatic carboxylic acids is 2. The van der Waals surface area contributed by atoms with Crippen LogP contribution >= 0.6 is 0 Å². The first-order valence-corrected chi connectivity index (χ1v) is 11.8. The van der Waals surface area contributed by atoms with Gasteiger partial charge in [0.25, 0.3) is 0 Å². The lowest BCUT2D eigenvalue weighted by atomic mass is 9.77. The van der Waals surface area contributed by atoms with Gasteiger partial charge in [0.05, 0.1) is 11.8 Å². The monoisotopic (exact) mass is 475 g/mol. The molecule has 0 bridgehead atoms. The van der Waals surface area contributed by atoms with Crippen molar-refractivity contribution in [2.24, 2.45) is 11.0 Å².